The highest BCUT2D eigenvalue weighted by Gasteiger charge is 2.45. The number of rotatable bonds is 6. The molecule has 0 aromatic rings. The number of carbonyl (C=O) groups is 1. The SMILES string of the molecule is CC(=O)NC1[C@H](OCCN=[N+]=[N-])OC(CO)[C@H](O)[C@@H]1O. The molecule has 20 heavy (non-hydrogen) atoms. The van der Waals surface area contributed by atoms with Crippen molar-refractivity contribution in [2.75, 3.05) is 19.8 Å². The summed E-state index contributed by atoms with van der Waals surface area (Å²) in [6, 6.07) is -0.989. The van der Waals surface area contributed by atoms with Crippen LogP contribution in [0.5, 0.6) is 0 Å². The van der Waals surface area contributed by atoms with E-state index in [0.29, 0.717) is 0 Å². The van der Waals surface area contributed by atoms with E-state index in [9.17, 15) is 15.0 Å². The van der Waals surface area contributed by atoms with Gasteiger partial charge in [-0.1, -0.05) is 5.11 Å². The van der Waals surface area contributed by atoms with Gasteiger partial charge in [-0.05, 0) is 5.53 Å². The summed E-state index contributed by atoms with van der Waals surface area (Å²) in [6.45, 7) is 0.785. The molecule has 0 bridgehead atoms. The first-order valence-electron chi connectivity index (χ1n) is 6.03. The van der Waals surface area contributed by atoms with Crippen LogP contribution in [-0.2, 0) is 14.3 Å². The second-order valence-electron chi connectivity index (χ2n) is 4.26. The third-order valence-corrected chi connectivity index (χ3v) is 2.79. The molecule has 0 aromatic heterocycles. The van der Waals surface area contributed by atoms with E-state index in [1.807, 2.05) is 0 Å². The van der Waals surface area contributed by atoms with Crippen LogP contribution in [0, 0.1) is 0 Å². The molecule has 10 heteroatoms. The van der Waals surface area contributed by atoms with E-state index in [4.69, 9.17) is 20.1 Å². The van der Waals surface area contributed by atoms with E-state index in [1.165, 1.54) is 6.92 Å². The Balaban J connectivity index is 2.72. The molecule has 1 saturated heterocycles. The van der Waals surface area contributed by atoms with Crippen molar-refractivity contribution in [3.63, 3.8) is 0 Å². The maximum atomic E-state index is 11.1. The molecule has 0 aromatic carbocycles. The molecular weight excluding hydrogens is 272 g/mol. The van der Waals surface area contributed by atoms with Gasteiger partial charge < -0.3 is 30.1 Å². The summed E-state index contributed by atoms with van der Waals surface area (Å²) in [7, 11) is 0. The van der Waals surface area contributed by atoms with Crippen molar-refractivity contribution in [3.8, 4) is 0 Å². The molecule has 1 rings (SSSR count). The van der Waals surface area contributed by atoms with Gasteiger partial charge in [-0.25, -0.2) is 0 Å². The Labute approximate surface area is 114 Å². The lowest BCUT2D eigenvalue weighted by Crippen LogP contribution is -2.64. The Kier molecular flexibility index (Phi) is 6.65. The summed E-state index contributed by atoms with van der Waals surface area (Å²) in [5.74, 6) is -0.434. The Bertz CT molecular complexity index is 375. The highest BCUT2D eigenvalue weighted by Crippen LogP contribution is 2.22. The fourth-order valence-corrected chi connectivity index (χ4v) is 1.87. The van der Waals surface area contributed by atoms with Gasteiger partial charge in [-0.3, -0.25) is 4.79 Å². The van der Waals surface area contributed by atoms with Crippen LogP contribution >= 0.6 is 0 Å². The van der Waals surface area contributed by atoms with Crippen LogP contribution < -0.4 is 5.32 Å². The quantitative estimate of drug-likeness (QED) is 0.197. The Morgan fingerprint density at radius 1 is 1.50 bits per heavy atom. The molecule has 0 saturated carbocycles. The average Bonchev–Trinajstić information content (AvgIpc) is 2.41. The first kappa shape index (κ1) is 16.6. The lowest BCUT2D eigenvalue weighted by Gasteiger charge is -2.42. The van der Waals surface area contributed by atoms with E-state index in [1.54, 1.807) is 0 Å². The van der Waals surface area contributed by atoms with Gasteiger partial charge >= 0.3 is 0 Å². The minimum absolute atomic E-state index is 0.00573. The van der Waals surface area contributed by atoms with E-state index in [2.05, 4.69) is 15.3 Å². The molecule has 1 fully saturated rings. The molecule has 1 aliphatic rings. The van der Waals surface area contributed by atoms with E-state index < -0.39 is 43.2 Å². The number of aliphatic hydroxyl groups is 3. The molecular formula is C10H18N4O6. The normalized spacial score (nSPS) is 33.3. The number of azide groups is 1. The first-order valence-corrected chi connectivity index (χ1v) is 6.03. The van der Waals surface area contributed by atoms with Crippen LogP contribution in [0.15, 0.2) is 5.11 Å². The van der Waals surface area contributed by atoms with Gasteiger partial charge in [0.1, 0.15) is 24.4 Å². The largest absolute Gasteiger partial charge is 0.394 e. The van der Waals surface area contributed by atoms with Crippen LogP contribution in [0.25, 0.3) is 10.4 Å². The molecule has 10 nitrogen and oxygen atoms in total. The lowest BCUT2D eigenvalue weighted by molar-refractivity contribution is -0.269. The summed E-state index contributed by atoms with van der Waals surface area (Å²) in [5, 5.41) is 34.4. The second kappa shape index (κ2) is 8.00. The smallest absolute Gasteiger partial charge is 0.217 e. The number of aliphatic hydroxyl groups excluding tert-OH is 3. The van der Waals surface area contributed by atoms with Gasteiger partial charge in [0.2, 0.25) is 5.91 Å². The first-order chi connectivity index (χ1) is 9.51. The Hall–Kier alpha value is -1.42. The lowest BCUT2D eigenvalue weighted by atomic mass is 9.97. The van der Waals surface area contributed by atoms with Gasteiger partial charge in [0.15, 0.2) is 6.29 Å². The number of amides is 1. The zero-order valence-corrected chi connectivity index (χ0v) is 10.9. The van der Waals surface area contributed by atoms with Gasteiger partial charge in [0, 0.05) is 18.4 Å². The predicted molar refractivity (Wildman–Crippen MR) is 65.3 cm³/mol. The molecule has 1 heterocycles. The molecule has 2 unspecified atom stereocenters. The van der Waals surface area contributed by atoms with Crippen molar-refractivity contribution in [2.24, 2.45) is 5.11 Å². The van der Waals surface area contributed by atoms with Crippen LogP contribution in [0.2, 0.25) is 0 Å². The third-order valence-electron chi connectivity index (χ3n) is 2.79. The third kappa shape index (κ3) is 4.30. The van der Waals surface area contributed by atoms with Gasteiger partial charge in [-0.15, -0.1) is 0 Å². The summed E-state index contributed by atoms with van der Waals surface area (Å²) < 4.78 is 10.5. The van der Waals surface area contributed by atoms with E-state index in [-0.39, 0.29) is 13.2 Å². The Morgan fingerprint density at radius 3 is 2.75 bits per heavy atom. The van der Waals surface area contributed by atoms with Crippen molar-refractivity contribution in [1.29, 1.82) is 0 Å². The molecule has 1 amide bonds. The van der Waals surface area contributed by atoms with Crippen LogP contribution in [0.3, 0.4) is 0 Å². The highest BCUT2D eigenvalue weighted by molar-refractivity contribution is 5.73. The van der Waals surface area contributed by atoms with E-state index >= 15 is 0 Å². The van der Waals surface area contributed by atoms with Crippen molar-refractivity contribution < 1.29 is 29.6 Å². The summed E-state index contributed by atoms with van der Waals surface area (Å²) in [6.07, 6.45) is -4.80. The molecule has 0 spiro atoms. The second-order valence-corrected chi connectivity index (χ2v) is 4.26. The monoisotopic (exact) mass is 290 g/mol. The predicted octanol–water partition coefficient (Wildman–Crippen LogP) is -1.74. The van der Waals surface area contributed by atoms with E-state index in [0.717, 1.165) is 0 Å². The molecule has 114 valence electrons. The minimum Gasteiger partial charge on any atom is -0.394 e. The standard InChI is InChI=1S/C10H18N4O6/c1-5(16)13-7-9(18)8(17)6(4-15)20-10(7)19-3-2-12-14-11/h6-10,15,17-18H,2-4H2,1H3,(H,13,16)/t6?,7?,8-,9+,10+/m0/s1. The maximum absolute atomic E-state index is 11.1. The molecule has 0 radical (unpaired) electrons. The summed E-state index contributed by atoms with van der Waals surface area (Å²) in [5.41, 5.74) is 8.14. The number of hydrogen-bond donors (Lipinski definition) is 4. The van der Waals surface area contributed by atoms with Crippen LogP contribution in [0.1, 0.15) is 6.92 Å². The fraction of sp³-hybridized carbons (Fsp3) is 0.900. The fourth-order valence-electron chi connectivity index (χ4n) is 1.87. The average molecular weight is 290 g/mol. The maximum Gasteiger partial charge on any atom is 0.217 e. The van der Waals surface area contributed by atoms with Crippen molar-refractivity contribution in [1.82, 2.24) is 5.32 Å². The zero-order chi connectivity index (χ0) is 15.1. The minimum atomic E-state index is -1.35. The number of carbonyl (C=O) groups excluding carboxylic acids is 1. The summed E-state index contributed by atoms with van der Waals surface area (Å²) >= 11 is 0. The number of ether oxygens (including phenoxy) is 2. The highest BCUT2D eigenvalue weighted by atomic mass is 16.7. The summed E-state index contributed by atoms with van der Waals surface area (Å²) in [4.78, 5) is 13.7. The van der Waals surface area contributed by atoms with Crippen LogP contribution in [-0.4, -0.2) is 71.6 Å². The van der Waals surface area contributed by atoms with Crippen molar-refractivity contribution >= 4 is 5.91 Å². The topological polar surface area (TPSA) is 157 Å². The number of nitrogens with one attached hydrogen (secondary N) is 1. The molecule has 1 aliphatic heterocycles. The number of nitrogens with zero attached hydrogens (tertiary/aromatic N) is 3. The molecule has 4 N–H and O–H groups in total. The van der Waals surface area contributed by atoms with Gasteiger partial charge in [0.25, 0.3) is 0 Å². The van der Waals surface area contributed by atoms with Gasteiger partial charge in [-0.2, -0.15) is 0 Å². The molecule has 0 aliphatic carbocycles. The Morgan fingerprint density at radius 2 is 2.20 bits per heavy atom. The number of hydrogen-bond acceptors (Lipinski definition) is 7. The van der Waals surface area contributed by atoms with Crippen molar-refractivity contribution in [2.45, 2.75) is 37.6 Å². The van der Waals surface area contributed by atoms with Crippen LogP contribution in [0.4, 0.5) is 0 Å². The van der Waals surface area contributed by atoms with Crippen molar-refractivity contribution in [3.05, 3.63) is 10.4 Å². The van der Waals surface area contributed by atoms with Gasteiger partial charge in [0.05, 0.1) is 13.2 Å². The molecule has 5 atom stereocenters. The zero-order valence-electron chi connectivity index (χ0n) is 10.9.